The number of rotatable bonds is 3. The Morgan fingerprint density at radius 2 is 2.33 bits per heavy atom. The lowest BCUT2D eigenvalue weighted by Gasteiger charge is -2.36. The summed E-state index contributed by atoms with van der Waals surface area (Å²) in [7, 11) is 3.17. The molecule has 1 rings (SSSR count). The highest BCUT2D eigenvalue weighted by atomic mass is 16.6. The normalized spacial score (nSPS) is 28.5. The molecule has 86 valence electrons. The number of hydrogen-bond acceptors (Lipinski definition) is 4. The first-order chi connectivity index (χ1) is 6.97. The molecule has 1 saturated heterocycles. The molecule has 0 aliphatic carbocycles. The van der Waals surface area contributed by atoms with Gasteiger partial charge in [0, 0.05) is 19.5 Å². The highest BCUT2D eigenvalue weighted by molar-refractivity contribution is 5.76. The first kappa shape index (κ1) is 11.8. The fourth-order valence-electron chi connectivity index (χ4n) is 1.76. The lowest BCUT2D eigenvalue weighted by Crippen LogP contribution is -2.56. The molecule has 0 aromatic rings. The molecule has 0 unspecified atom stereocenters. The van der Waals surface area contributed by atoms with Crippen molar-refractivity contribution < 1.29 is 19.4 Å². The molecule has 0 spiro atoms. The third-order valence-electron chi connectivity index (χ3n) is 2.58. The number of carbonyl (C=O) groups is 2. The molecule has 0 bridgehead atoms. The SMILES string of the molecule is CN[C@@H](C(=O)O)[C@@H]1OC(=O)N(C)C[C@H]1C. The minimum absolute atomic E-state index is 0.0127. The summed E-state index contributed by atoms with van der Waals surface area (Å²) >= 11 is 0. The zero-order valence-electron chi connectivity index (χ0n) is 9.06. The standard InChI is InChI=1S/C9H16N2O4/c1-5-4-11(3)9(14)15-7(5)6(10-2)8(12)13/h5-7,10H,4H2,1-3H3,(H,12,13)/t5-,6-,7-/m1/s1. The van der Waals surface area contributed by atoms with Crippen molar-refractivity contribution in [3.63, 3.8) is 0 Å². The maximum atomic E-state index is 11.3. The number of nitrogens with one attached hydrogen (secondary N) is 1. The van der Waals surface area contributed by atoms with Crippen LogP contribution >= 0.6 is 0 Å². The molecule has 0 aromatic heterocycles. The highest BCUT2D eigenvalue weighted by Gasteiger charge is 2.39. The summed E-state index contributed by atoms with van der Waals surface area (Å²) in [6.07, 6.45) is -1.09. The van der Waals surface area contributed by atoms with E-state index in [4.69, 9.17) is 9.84 Å². The molecular weight excluding hydrogens is 200 g/mol. The zero-order chi connectivity index (χ0) is 11.6. The van der Waals surface area contributed by atoms with Gasteiger partial charge in [-0.15, -0.1) is 0 Å². The van der Waals surface area contributed by atoms with Gasteiger partial charge in [0.15, 0.2) is 0 Å². The van der Waals surface area contributed by atoms with Crippen LogP contribution in [0.3, 0.4) is 0 Å². The third-order valence-corrected chi connectivity index (χ3v) is 2.58. The number of hydrogen-bond donors (Lipinski definition) is 2. The maximum Gasteiger partial charge on any atom is 0.409 e. The van der Waals surface area contributed by atoms with E-state index in [1.807, 2.05) is 6.92 Å². The van der Waals surface area contributed by atoms with Crippen molar-refractivity contribution in [3.05, 3.63) is 0 Å². The summed E-state index contributed by atoms with van der Waals surface area (Å²) < 4.78 is 5.07. The van der Waals surface area contributed by atoms with Crippen LogP contribution in [0.5, 0.6) is 0 Å². The van der Waals surface area contributed by atoms with Crippen molar-refractivity contribution in [2.45, 2.75) is 19.1 Å². The van der Waals surface area contributed by atoms with Crippen LogP contribution in [0.25, 0.3) is 0 Å². The van der Waals surface area contributed by atoms with Crippen molar-refractivity contribution >= 4 is 12.1 Å². The second kappa shape index (κ2) is 4.48. The highest BCUT2D eigenvalue weighted by Crippen LogP contribution is 2.19. The van der Waals surface area contributed by atoms with E-state index in [9.17, 15) is 9.59 Å². The monoisotopic (exact) mass is 216 g/mol. The van der Waals surface area contributed by atoms with Crippen molar-refractivity contribution in [2.75, 3.05) is 20.6 Å². The Morgan fingerprint density at radius 3 is 2.80 bits per heavy atom. The van der Waals surface area contributed by atoms with E-state index < -0.39 is 24.2 Å². The van der Waals surface area contributed by atoms with Crippen molar-refractivity contribution in [1.82, 2.24) is 10.2 Å². The Labute approximate surface area is 88.2 Å². The summed E-state index contributed by atoms with van der Waals surface area (Å²) in [5.74, 6) is -1.02. The number of ether oxygens (including phenoxy) is 1. The summed E-state index contributed by atoms with van der Waals surface area (Å²) in [4.78, 5) is 23.6. The van der Waals surface area contributed by atoms with Gasteiger partial charge in [0.1, 0.15) is 12.1 Å². The summed E-state index contributed by atoms with van der Waals surface area (Å²) in [5.41, 5.74) is 0. The number of likely N-dealkylation sites (N-methyl/N-ethyl adjacent to an activating group) is 1. The first-order valence-electron chi connectivity index (χ1n) is 4.79. The summed E-state index contributed by atoms with van der Waals surface area (Å²) in [5, 5.41) is 11.6. The average Bonchev–Trinajstić information content (AvgIpc) is 2.14. The summed E-state index contributed by atoms with van der Waals surface area (Å²) in [6, 6.07) is -0.849. The van der Waals surface area contributed by atoms with Crippen LogP contribution < -0.4 is 5.32 Å². The van der Waals surface area contributed by atoms with Gasteiger partial charge in [-0.05, 0) is 7.05 Å². The molecule has 1 fully saturated rings. The molecular formula is C9H16N2O4. The van der Waals surface area contributed by atoms with Crippen molar-refractivity contribution in [2.24, 2.45) is 5.92 Å². The van der Waals surface area contributed by atoms with E-state index in [-0.39, 0.29) is 5.92 Å². The first-order valence-corrected chi connectivity index (χ1v) is 4.79. The molecule has 6 nitrogen and oxygen atoms in total. The van der Waals surface area contributed by atoms with Crippen LogP contribution in [0.1, 0.15) is 6.92 Å². The van der Waals surface area contributed by atoms with Gasteiger partial charge in [0.2, 0.25) is 0 Å². The lowest BCUT2D eigenvalue weighted by atomic mass is 9.96. The Hall–Kier alpha value is -1.30. The van der Waals surface area contributed by atoms with Crippen LogP contribution in [0.2, 0.25) is 0 Å². The third kappa shape index (κ3) is 2.38. The fourth-order valence-corrected chi connectivity index (χ4v) is 1.76. The molecule has 6 heteroatoms. The largest absolute Gasteiger partial charge is 0.480 e. The van der Waals surface area contributed by atoms with Crippen LogP contribution in [0.15, 0.2) is 0 Å². The average molecular weight is 216 g/mol. The molecule has 0 saturated carbocycles. The Kier molecular flexibility index (Phi) is 3.52. The smallest absolute Gasteiger partial charge is 0.409 e. The van der Waals surface area contributed by atoms with E-state index in [0.29, 0.717) is 6.54 Å². The molecule has 1 heterocycles. The number of carboxylic acid groups (broad SMARTS) is 1. The maximum absolute atomic E-state index is 11.3. The Bertz CT molecular complexity index is 269. The van der Waals surface area contributed by atoms with Crippen LogP contribution in [0, 0.1) is 5.92 Å². The fraction of sp³-hybridized carbons (Fsp3) is 0.778. The van der Waals surface area contributed by atoms with Crippen molar-refractivity contribution in [3.8, 4) is 0 Å². The molecule has 15 heavy (non-hydrogen) atoms. The molecule has 3 atom stereocenters. The number of carbonyl (C=O) groups excluding carboxylic acids is 1. The van der Waals surface area contributed by atoms with E-state index >= 15 is 0 Å². The minimum Gasteiger partial charge on any atom is -0.480 e. The molecule has 0 radical (unpaired) electrons. The Morgan fingerprint density at radius 1 is 1.73 bits per heavy atom. The van der Waals surface area contributed by atoms with E-state index in [0.717, 1.165) is 0 Å². The Balaban J connectivity index is 2.76. The van der Waals surface area contributed by atoms with Gasteiger partial charge < -0.3 is 20.1 Å². The topological polar surface area (TPSA) is 78.9 Å². The van der Waals surface area contributed by atoms with Crippen LogP contribution in [-0.4, -0.2) is 54.9 Å². The number of nitrogens with zero attached hydrogens (tertiary/aromatic N) is 1. The second-order valence-electron chi connectivity index (χ2n) is 3.81. The molecule has 1 aliphatic rings. The number of aliphatic carboxylic acids is 1. The quantitative estimate of drug-likeness (QED) is 0.680. The van der Waals surface area contributed by atoms with Gasteiger partial charge in [-0.1, -0.05) is 6.92 Å². The van der Waals surface area contributed by atoms with E-state index in [2.05, 4.69) is 5.32 Å². The molecule has 1 amide bonds. The predicted molar refractivity (Wildman–Crippen MR) is 52.5 cm³/mol. The molecule has 1 aliphatic heterocycles. The minimum atomic E-state index is -1.01. The van der Waals surface area contributed by atoms with Crippen molar-refractivity contribution in [1.29, 1.82) is 0 Å². The second-order valence-corrected chi connectivity index (χ2v) is 3.81. The van der Waals surface area contributed by atoms with Crippen LogP contribution in [-0.2, 0) is 9.53 Å². The molecule has 0 aromatic carbocycles. The summed E-state index contributed by atoms with van der Waals surface area (Å²) in [6.45, 7) is 2.37. The lowest BCUT2D eigenvalue weighted by molar-refractivity contribution is -0.144. The number of carboxylic acids is 1. The van der Waals surface area contributed by atoms with E-state index in [1.54, 1.807) is 7.05 Å². The van der Waals surface area contributed by atoms with Crippen LogP contribution in [0.4, 0.5) is 4.79 Å². The van der Waals surface area contributed by atoms with Gasteiger partial charge in [0.05, 0.1) is 0 Å². The van der Waals surface area contributed by atoms with Gasteiger partial charge >= 0.3 is 12.1 Å². The van der Waals surface area contributed by atoms with Gasteiger partial charge in [-0.25, -0.2) is 4.79 Å². The number of amides is 1. The predicted octanol–water partition coefficient (Wildman–Crippen LogP) is -0.254. The molecule has 2 N–H and O–H groups in total. The van der Waals surface area contributed by atoms with Gasteiger partial charge in [-0.3, -0.25) is 4.79 Å². The van der Waals surface area contributed by atoms with Gasteiger partial charge in [0.25, 0.3) is 0 Å². The van der Waals surface area contributed by atoms with Gasteiger partial charge in [-0.2, -0.15) is 0 Å². The number of cyclic esters (lactones) is 1. The van der Waals surface area contributed by atoms with E-state index in [1.165, 1.54) is 11.9 Å². The zero-order valence-corrected chi connectivity index (χ0v) is 9.06.